The van der Waals surface area contributed by atoms with Gasteiger partial charge in [-0.3, -0.25) is 4.98 Å². The summed E-state index contributed by atoms with van der Waals surface area (Å²) in [6.45, 7) is 3.16. The first-order valence-electron chi connectivity index (χ1n) is 11.7. The van der Waals surface area contributed by atoms with Crippen LogP contribution in [0.1, 0.15) is 24.1 Å². The summed E-state index contributed by atoms with van der Waals surface area (Å²) in [6, 6.07) is 12.1. The molecular formula is C28H28N6. The molecule has 6 heteroatoms. The molecule has 2 aromatic heterocycles. The average Bonchev–Trinajstić information content (AvgIpc) is 3.28. The van der Waals surface area contributed by atoms with Crippen LogP contribution in [0.4, 0.5) is 0 Å². The van der Waals surface area contributed by atoms with Gasteiger partial charge in [0, 0.05) is 48.1 Å². The molecule has 34 heavy (non-hydrogen) atoms. The highest BCUT2D eigenvalue weighted by atomic mass is 15.0. The van der Waals surface area contributed by atoms with Gasteiger partial charge in [-0.2, -0.15) is 5.26 Å². The quantitative estimate of drug-likeness (QED) is 0.530. The molecule has 0 saturated carbocycles. The molecule has 1 aliphatic heterocycles. The van der Waals surface area contributed by atoms with E-state index in [1.165, 1.54) is 12.8 Å². The number of benzene rings is 1. The van der Waals surface area contributed by atoms with Gasteiger partial charge >= 0.3 is 0 Å². The fraction of sp³-hybridized carbons (Fsp3) is 0.250. The summed E-state index contributed by atoms with van der Waals surface area (Å²) >= 11 is 0. The second kappa shape index (κ2) is 9.50. The predicted molar refractivity (Wildman–Crippen MR) is 137 cm³/mol. The minimum atomic E-state index is 0.465. The van der Waals surface area contributed by atoms with E-state index in [0.29, 0.717) is 17.2 Å². The molecule has 6 nitrogen and oxygen atoms in total. The van der Waals surface area contributed by atoms with Gasteiger partial charge in [0.15, 0.2) is 0 Å². The Bertz CT molecular complexity index is 1360. The molecule has 3 aromatic rings. The Morgan fingerprint density at radius 2 is 2.00 bits per heavy atom. The van der Waals surface area contributed by atoms with Gasteiger partial charge < -0.3 is 20.6 Å². The fourth-order valence-electron chi connectivity index (χ4n) is 4.87. The van der Waals surface area contributed by atoms with Crippen molar-refractivity contribution in [2.24, 2.45) is 5.92 Å². The molecule has 1 aliphatic carbocycles. The van der Waals surface area contributed by atoms with Crippen molar-refractivity contribution in [2.75, 3.05) is 20.1 Å². The zero-order chi connectivity index (χ0) is 23.5. The molecule has 3 heterocycles. The van der Waals surface area contributed by atoms with E-state index in [9.17, 15) is 5.26 Å². The van der Waals surface area contributed by atoms with Crippen LogP contribution >= 0.6 is 0 Å². The number of aromatic nitrogens is 2. The molecule has 1 fully saturated rings. The van der Waals surface area contributed by atoms with E-state index >= 15 is 0 Å². The number of hydrogen-bond donors (Lipinski definition) is 3. The monoisotopic (exact) mass is 448 g/mol. The molecule has 0 unspecified atom stereocenters. The van der Waals surface area contributed by atoms with E-state index in [1.807, 2.05) is 61.9 Å². The molecule has 0 spiro atoms. The van der Waals surface area contributed by atoms with Gasteiger partial charge in [0.2, 0.25) is 0 Å². The number of nitrogens with zero attached hydrogens (tertiary/aromatic N) is 3. The fourth-order valence-corrected chi connectivity index (χ4v) is 4.87. The maximum atomic E-state index is 9.27. The van der Waals surface area contributed by atoms with E-state index in [2.05, 4.69) is 33.5 Å². The van der Waals surface area contributed by atoms with Crippen LogP contribution in [0.25, 0.3) is 27.6 Å². The van der Waals surface area contributed by atoms with E-state index < -0.39 is 0 Å². The Morgan fingerprint density at radius 1 is 1.21 bits per heavy atom. The first-order valence-corrected chi connectivity index (χ1v) is 11.7. The lowest BCUT2D eigenvalue weighted by atomic mass is 9.91. The third-order valence-corrected chi connectivity index (χ3v) is 6.67. The lowest BCUT2D eigenvalue weighted by molar-refractivity contribution is 0.337. The maximum Gasteiger partial charge on any atom is 0.0991 e. The van der Waals surface area contributed by atoms with Crippen LogP contribution in [0.5, 0.6) is 0 Å². The van der Waals surface area contributed by atoms with Crippen molar-refractivity contribution in [3.8, 4) is 17.2 Å². The Morgan fingerprint density at radius 3 is 2.74 bits per heavy atom. The predicted octanol–water partition coefficient (Wildman–Crippen LogP) is 4.65. The van der Waals surface area contributed by atoms with Crippen LogP contribution in [0, 0.1) is 22.7 Å². The van der Waals surface area contributed by atoms with Crippen molar-refractivity contribution in [2.45, 2.75) is 19.4 Å². The van der Waals surface area contributed by atoms with E-state index in [4.69, 9.17) is 10.4 Å². The van der Waals surface area contributed by atoms with Crippen LogP contribution in [0.2, 0.25) is 0 Å². The van der Waals surface area contributed by atoms with Gasteiger partial charge in [-0.05, 0) is 67.8 Å². The van der Waals surface area contributed by atoms with Crippen molar-refractivity contribution in [1.29, 1.82) is 10.7 Å². The Hall–Kier alpha value is -3.95. The summed E-state index contributed by atoms with van der Waals surface area (Å²) in [5.74, 6) is 0.666. The van der Waals surface area contributed by atoms with Gasteiger partial charge in [0.25, 0.3) is 0 Å². The SMILES string of the molecule is CN/C=C1/C=C(c2ncc3c(ccn3CC3CCNCC3)c2-c2ccc(C#N)cc2)C=CC1=N. The van der Waals surface area contributed by atoms with Gasteiger partial charge in [-0.1, -0.05) is 18.2 Å². The third-order valence-electron chi connectivity index (χ3n) is 6.67. The highest BCUT2D eigenvalue weighted by molar-refractivity contribution is 6.14. The molecule has 2 aliphatic rings. The molecule has 1 aromatic carbocycles. The van der Waals surface area contributed by atoms with Gasteiger partial charge in [0.1, 0.15) is 0 Å². The maximum absolute atomic E-state index is 9.27. The number of nitrogens with one attached hydrogen (secondary N) is 3. The van der Waals surface area contributed by atoms with Crippen molar-refractivity contribution in [3.05, 3.63) is 84.0 Å². The first-order chi connectivity index (χ1) is 16.7. The highest BCUT2D eigenvalue weighted by Crippen LogP contribution is 2.37. The minimum absolute atomic E-state index is 0.465. The van der Waals surface area contributed by atoms with Crippen molar-refractivity contribution in [3.63, 3.8) is 0 Å². The molecule has 0 bridgehead atoms. The standard InChI is InChI=1S/C28H28N6/c1-31-16-23-14-22(6-7-25(23)30)28-27(21-4-2-19(15-29)3-5-21)24-10-13-34(26(24)17-33-28)18-20-8-11-32-12-9-20/h2-7,10,13-14,16-17,20,30-32H,8-9,11-12,18H2,1H3/b23-16-,30-25?. The number of rotatable bonds is 5. The lowest BCUT2D eigenvalue weighted by Crippen LogP contribution is -2.29. The second-order valence-corrected chi connectivity index (χ2v) is 8.87. The number of hydrogen-bond acceptors (Lipinski definition) is 5. The normalized spacial score (nSPS) is 17.7. The number of piperidine rings is 1. The Kier molecular flexibility index (Phi) is 6.11. The number of nitriles is 1. The number of pyridine rings is 1. The molecule has 0 atom stereocenters. The van der Waals surface area contributed by atoms with Crippen molar-refractivity contribution in [1.82, 2.24) is 20.2 Å². The van der Waals surface area contributed by atoms with E-state index in [0.717, 1.165) is 58.5 Å². The topological polar surface area (TPSA) is 89.5 Å². The molecule has 5 rings (SSSR count). The van der Waals surface area contributed by atoms with Crippen molar-refractivity contribution < 1.29 is 0 Å². The molecule has 170 valence electrons. The molecule has 3 N–H and O–H groups in total. The van der Waals surface area contributed by atoms with Crippen LogP contribution < -0.4 is 10.6 Å². The van der Waals surface area contributed by atoms with E-state index in [1.54, 1.807) is 0 Å². The second-order valence-electron chi connectivity index (χ2n) is 8.87. The molecule has 0 amide bonds. The van der Waals surface area contributed by atoms with Crippen LogP contribution in [-0.4, -0.2) is 35.4 Å². The Labute approximate surface area is 199 Å². The zero-order valence-corrected chi connectivity index (χ0v) is 19.3. The van der Waals surface area contributed by atoms with Gasteiger partial charge in [0.05, 0.1) is 34.8 Å². The first kappa shape index (κ1) is 21.9. The number of fused-ring (bicyclic) bond motifs is 1. The largest absolute Gasteiger partial charge is 0.393 e. The molecule has 0 radical (unpaired) electrons. The highest BCUT2D eigenvalue weighted by Gasteiger charge is 2.20. The van der Waals surface area contributed by atoms with Crippen LogP contribution in [0.3, 0.4) is 0 Å². The average molecular weight is 449 g/mol. The zero-order valence-electron chi connectivity index (χ0n) is 19.3. The minimum Gasteiger partial charge on any atom is -0.393 e. The third kappa shape index (κ3) is 4.18. The lowest BCUT2D eigenvalue weighted by Gasteiger charge is -2.23. The summed E-state index contributed by atoms with van der Waals surface area (Å²) in [6.07, 6.45) is 14.2. The smallest absolute Gasteiger partial charge is 0.0991 e. The number of allylic oxidation sites excluding steroid dienone is 5. The van der Waals surface area contributed by atoms with Gasteiger partial charge in [-0.25, -0.2) is 0 Å². The summed E-state index contributed by atoms with van der Waals surface area (Å²) in [4.78, 5) is 4.96. The Balaban J connectivity index is 1.65. The van der Waals surface area contributed by atoms with Crippen LogP contribution in [0.15, 0.2) is 72.7 Å². The molecule has 1 saturated heterocycles. The van der Waals surface area contributed by atoms with Crippen molar-refractivity contribution >= 4 is 22.2 Å². The molecular weight excluding hydrogens is 420 g/mol. The van der Waals surface area contributed by atoms with E-state index in [-0.39, 0.29) is 0 Å². The summed E-state index contributed by atoms with van der Waals surface area (Å²) in [5, 5.41) is 25.1. The summed E-state index contributed by atoms with van der Waals surface area (Å²) < 4.78 is 2.34. The summed E-state index contributed by atoms with van der Waals surface area (Å²) in [5.41, 5.74) is 6.97. The summed E-state index contributed by atoms with van der Waals surface area (Å²) in [7, 11) is 1.84. The van der Waals surface area contributed by atoms with Gasteiger partial charge in [-0.15, -0.1) is 0 Å². The van der Waals surface area contributed by atoms with Crippen LogP contribution in [-0.2, 0) is 6.54 Å².